The minimum absolute atomic E-state index is 0.00325. The van der Waals surface area contributed by atoms with Gasteiger partial charge in [0, 0.05) is 43.3 Å². The third-order valence-corrected chi connectivity index (χ3v) is 4.09. The van der Waals surface area contributed by atoms with E-state index in [1.165, 1.54) is 12.3 Å². The highest BCUT2D eigenvalue weighted by Gasteiger charge is 2.16. The molecule has 1 aromatic heterocycles. The van der Waals surface area contributed by atoms with Crippen LogP contribution in [0.25, 0.3) is 0 Å². The summed E-state index contributed by atoms with van der Waals surface area (Å²) < 4.78 is 0. The number of amides is 1. The molecule has 0 aromatic carbocycles. The van der Waals surface area contributed by atoms with Crippen LogP contribution < -0.4 is 10.6 Å². The van der Waals surface area contributed by atoms with Crippen molar-refractivity contribution in [3.63, 3.8) is 0 Å². The number of rotatable bonds is 5. The molecule has 1 aliphatic rings. The molecular formula is C13H17N3O3S. The highest BCUT2D eigenvalue weighted by atomic mass is 32.2. The monoisotopic (exact) mass is 295 g/mol. The largest absolute Gasteiger partial charge is 0.477 e. The molecule has 1 unspecified atom stereocenters. The second-order valence-corrected chi connectivity index (χ2v) is 5.71. The Kier molecular flexibility index (Phi) is 5.37. The number of nitrogens with one attached hydrogen (secondary N) is 2. The molecule has 6 nitrogen and oxygen atoms in total. The van der Waals surface area contributed by atoms with Crippen LogP contribution in [0.1, 0.15) is 22.5 Å². The van der Waals surface area contributed by atoms with Gasteiger partial charge in [-0.2, -0.15) is 11.8 Å². The predicted molar refractivity (Wildman–Crippen MR) is 76.8 cm³/mol. The molecule has 0 aliphatic carbocycles. The van der Waals surface area contributed by atoms with Crippen LogP contribution in [0.15, 0.2) is 18.3 Å². The number of aromatic carboxylic acids is 1. The van der Waals surface area contributed by atoms with Crippen molar-refractivity contribution >= 4 is 23.6 Å². The van der Waals surface area contributed by atoms with E-state index >= 15 is 0 Å². The quantitative estimate of drug-likeness (QED) is 0.732. The van der Waals surface area contributed by atoms with Crippen molar-refractivity contribution in [1.82, 2.24) is 15.6 Å². The molecule has 0 saturated carbocycles. The van der Waals surface area contributed by atoms with Gasteiger partial charge in [0.15, 0.2) is 0 Å². The van der Waals surface area contributed by atoms with Crippen molar-refractivity contribution in [3.8, 4) is 0 Å². The van der Waals surface area contributed by atoms with Crippen LogP contribution >= 0.6 is 11.8 Å². The van der Waals surface area contributed by atoms with Crippen molar-refractivity contribution in [2.24, 2.45) is 0 Å². The maximum atomic E-state index is 11.8. The molecule has 20 heavy (non-hydrogen) atoms. The van der Waals surface area contributed by atoms with Gasteiger partial charge in [0.2, 0.25) is 5.91 Å². The fourth-order valence-corrected chi connectivity index (χ4v) is 2.85. The van der Waals surface area contributed by atoms with E-state index in [4.69, 9.17) is 5.11 Å². The van der Waals surface area contributed by atoms with Gasteiger partial charge in [-0.1, -0.05) is 6.07 Å². The Morgan fingerprint density at radius 1 is 1.50 bits per heavy atom. The van der Waals surface area contributed by atoms with Crippen molar-refractivity contribution in [2.45, 2.75) is 19.0 Å². The zero-order valence-corrected chi connectivity index (χ0v) is 11.8. The highest BCUT2D eigenvalue weighted by Crippen LogP contribution is 2.10. The van der Waals surface area contributed by atoms with Crippen LogP contribution in [0.5, 0.6) is 0 Å². The Bertz CT molecular complexity index is 472. The van der Waals surface area contributed by atoms with Gasteiger partial charge >= 0.3 is 5.97 Å². The first-order valence-electron chi connectivity index (χ1n) is 6.41. The third kappa shape index (κ3) is 4.50. The lowest BCUT2D eigenvalue weighted by molar-refractivity contribution is -0.121. The summed E-state index contributed by atoms with van der Waals surface area (Å²) in [6.07, 6.45) is 1.94. The summed E-state index contributed by atoms with van der Waals surface area (Å²) in [4.78, 5) is 26.2. The van der Waals surface area contributed by atoms with Crippen LogP contribution in [-0.4, -0.2) is 46.1 Å². The molecule has 1 atom stereocenters. The number of nitrogens with zero attached hydrogens (tertiary/aromatic N) is 1. The summed E-state index contributed by atoms with van der Waals surface area (Å²) >= 11 is 1.86. The average molecular weight is 295 g/mol. The second-order valence-electron chi connectivity index (χ2n) is 4.56. The van der Waals surface area contributed by atoms with Gasteiger partial charge in [0.25, 0.3) is 0 Å². The zero-order valence-electron chi connectivity index (χ0n) is 11.0. The van der Waals surface area contributed by atoms with Crippen LogP contribution in [-0.2, 0) is 11.3 Å². The van der Waals surface area contributed by atoms with Gasteiger partial charge < -0.3 is 15.7 Å². The fraction of sp³-hybridized carbons (Fsp3) is 0.462. The molecule has 108 valence electrons. The van der Waals surface area contributed by atoms with Crippen molar-refractivity contribution < 1.29 is 14.7 Å². The summed E-state index contributed by atoms with van der Waals surface area (Å²) in [6.45, 7) is 1.31. The van der Waals surface area contributed by atoms with E-state index in [1.54, 1.807) is 6.07 Å². The molecule has 1 saturated heterocycles. The molecule has 1 amide bonds. The van der Waals surface area contributed by atoms with E-state index in [-0.39, 0.29) is 17.6 Å². The van der Waals surface area contributed by atoms with Crippen LogP contribution in [0.4, 0.5) is 0 Å². The third-order valence-electron chi connectivity index (χ3n) is 2.96. The molecule has 2 rings (SSSR count). The number of carboxylic acid groups (broad SMARTS) is 1. The highest BCUT2D eigenvalue weighted by molar-refractivity contribution is 7.99. The topological polar surface area (TPSA) is 91.3 Å². The molecule has 0 spiro atoms. The van der Waals surface area contributed by atoms with E-state index in [9.17, 15) is 9.59 Å². The Balaban J connectivity index is 1.76. The van der Waals surface area contributed by atoms with Crippen LogP contribution in [0, 0.1) is 0 Å². The Hall–Kier alpha value is -1.60. The summed E-state index contributed by atoms with van der Waals surface area (Å²) in [6, 6.07) is 3.33. The maximum Gasteiger partial charge on any atom is 0.354 e. The number of carboxylic acids is 1. The van der Waals surface area contributed by atoms with E-state index in [0.717, 1.165) is 23.6 Å². The predicted octanol–water partition coefficient (Wildman–Crippen LogP) is 0.491. The minimum atomic E-state index is -1.05. The smallest absolute Gasteiger partial charge is 0.354 e. The first kappa shape index (κ1) is 14.8. The van der Waals surface area contributed by atoms with E-state index in [0.29, 0.717) is 13.0 Å². The number of hydrogen-bond acceptors (Lipinski definition) is 5. The summed E-state index contributed by atoms with van der Waals surface area (Å²) in [7, 11) is 0. The van der Waals surface area contributed by atoms with Crippen LogP contribution in [0.2, 0.25) is 0 Å². The van der Waals surface area contributed by atoms with Gasteiger partial charge in [-0.15, -0.1) is 0 Å². The first-order valence-corrected chi connectivity index (χ1v) is 7.56. The lowest BCUT2D eigenvalue weighted by Gasteiger charge is -2.22. The number of thioether (sulfide) groups is 1. The fourth-order valence-electron chi connectivity index (χ4n) is 1.90. The van der Waals surface area contributed by atoms with Gasteiger partial charge in [-0.3, -0.25) is 4.79 Å². The van der Waals surface area contributed by atoms with Gasteiger partial charge in [0.1, 0.15) is 5.69 Å². The lowest BCUT2D eigenvalue weighted by atomic mass is 10.2. The number of pyridine rings is 1. The van der Waals surface area contributed by atoms with E-state index < -0.39 is 5.97 Å². The van der Waals surface area contributed by atoms with Gasteiger partial charge in [-0.25, -0.2) is 9.78 Å². The Morgan fingerprint density at radius 2 is 2.35 bits per heavy atom. The summed E-state index contributed by atoms with van der Waals surface area (Å²) in [5, 5.41) is 14.9. The molecule has 2 heterocycles. The maximum absolute atomic E-state index is 11.8. The molecule has 7 heteroatoms. The molecule has 1 aliphatic heterocycles. The molecule has 0 bridgehead atoms. The van der Waals surface area contributed by atoms with E-state index in [1.807, 2.05) is 11.8 Å². The lowest BCUT2D eigenvalue weighted by Crippen LogP contribution is -2.41. The number of carbonyl (C=O) groups excluding carboxylic acids is 1. The first-order chi connectivity index (χ1) is 9.65. The SMILES string of the molecule is O=C(CC1CSCCN1)NCc1ccc(C(=O)O)nc1. The van der Waals surface area contributed by atoms with Crippen molar-refractivity contribution in [3.05, 3.63) is 29.6 Å². The Morgan fingerprint density at radius 3 is 2.95 bits per heavy atom. The van der Waals surface area contributed by atoms with Crippen molar-refractivity contribution in [2.75, 3.05) is 18.1 Å². The second kappa shape index (κ2) is 7.25. The summed E-state index contributed by atoms with van der Waals surface area (Å²) in [5.74, 6) is 0.996. The zero-order chi connectivity index (χ0) is 14.4. The van der Waals surface area contributed by atoms with Crippen LogP contribution in [0.3, 0.4) is 0 Å². The van der Waals surface area contributed by atoms with Gasteiger partial charge in [-0.05, 0) is 11.6 Å². The molecule has 1 aromatic rings. The molecular weight excluding hydrogens is 278 g/mol. The Labute approximate surface area is 121 Å². The number of carbonyl (C=O) groups is 2. The molecule has 0 radical (unpaired) electrons. The number of aromatic nitrogens is 1. The van der Waals surface area contributed by atoms with E-state index in [2.05, 4.69) is 15.6 Å². The van der Waals surface area contributed by atoms with Gasteiger partial charge in [0.05, 0.1) is 0 Å². The average Bonchev–Trinajstić information content (AvgIpc) is 2.46. The molecule has 3 N–H and O–H groups in total. The summed E-state index contributed by atoms with van der Waals surface area (Å²) in [5.41, 5.74) is 0.790. The van der Waals surface area contributed by atoms with Crippen molar-refractivity contribution in [1.29, 1.82) is 0 Å². The minimum Gasteiger partial charge on any atom is -0.477 e. The normalized spacial score (nSPS) is 18.5. The number of hydrogen-bond donors (Lipinski definition) is 3. The molecule has 1 fully saturated rings. The standard InChI is InChI=1S/C13H17N3O3S/c17-12(5-10-8-20-4-3-14-10)16-7-9-1-2-11(13(18)19)15-6-9/h1-2,6,10,14H,3-5,7-8H2,(H,16,17)(H,18,19).